The maximum atomic E-state index is 10.7. The summed E-state index contributed by atoms with van der Waals surface area (Å²) in [6.45, 7) is 4.49. The Kier molecular flexibility index (Phi) is 5.99. The van der Waals surface area contributed by atoms with E-state index in [4.69, 9.17) is 14.6 Å². The van der Waals surface area contributed by atoms with Crippen molar-refractivity contribution in [2.45, 2.75) is 32.0 Å². The molecule has 1 amide bonds. The lowest BCUT2D eigenvalue weighted by atomic mass is 9.84. The summed E-state index contributed by atoms with van der Waals surface area (Å²) in [6, 6.07) is 9.76. The molecule has 0 saturated carbocycles. The van der Waals surface area contributed by atoms with Gasteiger partial charge in [-0.2, -0.15) is 18.1 Å². The first-order valence-electron chi connectivity index (χ1n) is 8.99. The van der Waals surface area contributed by atoms with Gasteiger partial charge in [0.2, 0.25) is 0 Å². The van der Waals surface area contributed by atoms with Crippen LogP contribution in [0.5, 0.6) is 11.5 Å². The van der Waals surface area contributed by atoms with Crippen LogP contribution in [0.2, 0.25) is 0 Å². The first-order valence-corrected chi connectivity index (χ1v) is 8.99. The van der Waals surface area contributed by atoms with Gasteiger partial charge in [-0.05, 0) is 60.3 Å². The number of halogens is 3. The van der Waals surface area contributed by atoms with Crippen molar-refractivity contribution in [2.24, 2.45) is 5.73 Å². The molecule has 1 unspecified atom stereocenters. The molecule has 1 atom stereocenters. The quantitative estimate of drug-likeness (QED) is 0.629. The standard InChI is InChI=1S/C18H19NO3.C2H2F3NO/c1-11-15-6-7-19-9-17(12-2-4-14(20)5-3-12)16(15)8-13-10-21-22-18(11)13;3-2(4,5)1(6)7/h2-5,8,17,19-20H,6-7,9-10H2,1H3;(H2,6,7). The molecule has 9 heteroatoms. The Labute approximate surface area is 165 Å². The number of nitrogens with two attached hydrogens (primary N) is 1. The van der Waals surface area contributed by atoms with Gasteiger partial charge >= 0.3 is 12.1 Å². The second-order valence-corrected chi connectivity index (χ2v) is 6.86. The molecule has 0 aliphatic carbocycles. The summed E-state index contributed by atoms with van der Waals surface area (Å²) in [5, 5.41) is 13.1. The van der Waals surface area contributed by atoms with Crippen molar-refractivity contribution in [1.82, 2.24) is 5.32 Å². The summed E-state index contributed by atoms with van der Waals surface area (Å²) in [5.74, 6) is -0.780. The van der Waals surface area contributed by atoms with Crippen LogP contribution in [0.3, 0.4) is 0 Å². The van der Waals surface area contributed by atoms with E-state index >= 15 is 0 Å². The number of carbonyl (C=O) groups is 1. The van der Waals surface area contributed by atoms with Gasteiger partial charge in [-0.15, -0.1) is 0 Å². The molecule has 4 N–H and O–H groups in total. The molecule has 0 spiro atoms. The molecule has 4 rings (SSSR count). The van der Waals surface area contributed by atoms with Gasteiger partial charge in [0.1, 0.15) is 12.4 Å². The van der Waals surface area contributed by atoms with Crippen LogP contribution in [0.15, 0.2) is 30.3 Å². The van der Waals surface area contributed by atoms with E-state index in [2.05, 4.69) is 24.0 Å². The number of amides is 1. The monoisotopic (exact) mass is 410 g/mol. The number of hydrogen-bond donors (Lipinski definition) is 3. The number of benzene rings is 2. The number of alkyl halides is 3. The van der Waals surface area contributed by atoms with Crippen molar-refractivity contribution in [3.05, 3.63) is 58.1 Å². The van der Waals surface area contributed by atoms with Gasteiger partial charge in [-0.1, -0.05) is 12.1 Å². The minimum atomic E-state index is -4.86. The first kappa shape index (κ1) is 20.9. The Morgan fingerprint density at radius 1 is 1.28 bits per heavy atom. The summed E-state index contributed by atoms with van der Waals surface area (Å²) in [5.41, 5.74) is 10.0. The molecule has 2 aromatic rings. The van der Waals surface area contributed by atoms with Crippen LogP contribution in [0.1, 0.15) is 33.7 Å². The van der Waals surface area contributed by atoms with Crippen LogP contribution in [-0.2, 0) is 22.7 Å². The highest BCUT2D eigenvalue weighted by molar-refractivity contribution is 5.79. The van der Waals surface area contributed by atoms with Crippen molar-refractivity contribution < 1.29 is 32.8 Å². The van der Waals surface area contributed by atoms with Gasteiger partial charge < -0.3 is 21.0 Å². The highest BCUT2D eigenvalue weighted by Gasteiger charge is 2.35. The van der Waals surface area contributed by atoms with Crippen LogP contribution in [0.25, 0.3) is 0 Å². The molecule has 156 valence electrons. The third-order valence-corrected chi connectivity index (χ3v) is 4.97. The lowest BCUT2D eigenvalue weighted by molar-refractivity contribution is -0.194. The molecule has 2 aliphatic rings. The number of hydrogen-bond acceptors (Lipinski definition) is 5. The highest BCUT2D eigenvalue weighted by Crippen LogP contribution is 2.39. The van der Waals surface area contributed by atoms with Gasteiger partial charge in [-0.3, -0.25) is 4.79 Å². The minimum absolute atomic E-state index is 0.280. The average molecular weight is 410 g/mol. The van der Waals surface area contributed by atoms with Crippen molar-refractivity contribution in [3.8, 4) is 11.5 Å². The zero-order valence-electron chi connectivity index (χ0n) is 15.7. The van der Waals surface area contributed by atoms with Gasteiger partial charge in [0.25, 0.3) is 0 Å². The second kappa shape index (κ2) is 8.30. The Morgan fingerprint density at radius 3 is 2.55 bits per heavy atom. The Balaban J connectivity index is 0.000000298. The SMILES string of the molecule is Cc1c2c(cc3c1OOC3)C(c1ccc(O)cc1)CNCC2.NC(=O)C(F)(F)F. The van der Waals surface area contributed by atoms with Gasteiger partial charge in [0, 0.05) is 18.0 Å². The molecule has 2 aliphatic heterocycles. The first-order chi connectivity index (χ1) is 13.7. The average Bonchev–Trinajstić information content (AvgIpc) is 3.03. The number of phenols is 1. The Hall–Kier alpha value is -2.78. The number of primary amides is 1. The fourth-order valence-corrected chi connectivity index (χ4v) is 3.53. The van der Waals surface area contributed by atoms with E-state index in [9.17, 15) is 18.3 Å². The van der Waals surface area contributed by atoms with Crippen molar-refractivity contribution >= 4 is 5.91 Å². The molecular weight excluding hydrogens is 389 g/mol. The number of fused-ring (bicyclic) bond motifs is 2. The van der Waals surface area contributed by atoms with E-state index < -0.39 is 12.1 Å². The summed E-state index contributed by atoms with van der Waals surface area (Å²) >= 11 is 0. The van der Waals surface area contributed by atoms with E-state index in [1.165, 1.54) is 22.3 Å². The smallest absolute Gasteiger partial charge is 0.470 e. The summed E-state index contributed by atoms with van der Waals surface area (Å²) in [6.07, 6.45) is -3.87. The van der Waals surface area contributed by atoms with E-state index in [1.807, 2.05) is 12.1 Å². The van der Waals surface area contributed by atoms with Crippen LogP contribution in [0, 0.1) is 6.92 Å². The lowest BCUT2D eigenvalue weighted by Gasteiger charge is -2.20. The van der Waals surface area contributed by atoms with Crippen molar-refractivity contribution in [2.75, 3.05) is 13.1 Å². The largest absolute Gasteiger partial charge is 0.508 e. The number of phenolic OH excluding ortho intramolecular Hbond substituents is 1. The van der Waals surface area contributed by atoms with Crippen LogP contribution >= 0.6 is 0 Å². The molecule has 0 radical (unpaired) electrons. The van der Waals surface area contributed by atoms with E-state index in [0.717, 1.165) is 30.8 Å². The molecule has 0 aromatic heterocycles. The Bertz CT molecular complexity index is 898. The van der Waals surface area contributed by atoms with E-state index in [0.29, 0.717) is 12.4 Å². The zero-order chi connectivity index (χ0) is 21.2. The fourth-order valence-electron chi connectivity index (χ4n) is 3.53. The summed E-state index contributed by atoms with van der Waals surface area (Å²) in [4.78, 5) is 19.6. The van der Waals surface area contributed by atoms with Gasteiger partial charge in [0.05, 0.1) is 0 Å². The molecular formula is C20H21F3N2O4. The maximum Gasteiger partial charge on any atom is 0.470 e. The van der Waals surface area contributed by atoms with Crippen molar-refractivity contribution in [3.63, 3.8) is 0 Å². The van der Waals surface area contributed by atoms with Gasteiger partial charge in [-0.25, -0.2) is 0 Å². The zero-order valence-corrected chi connectivity index (χ0v) is 15.7. The topological polar surface area (TPSA) is 93.8 Å². The maximum absolute atomic E-state index is 10.7. The van der Waals surface area contributed by atoms with Gasteiger partial charge in [0.15, 0.2) is 5.75 Å². The van der Waals surface area contributed by atoms with Crippen molar-refractivity contribution in [1.29, 1.82) is 0 Å². The molecule has 0 fully saturated rings. The second-order valence-electron chi connectivity index (χ2n) is 6.86. The molecule has 2 aromatic carbocycles. The number of aromatic hydroxyl groups is 1. The predicted octanol–water partition coefficient (Wildman–Crippen LogP) is 2.84. The van der Waals surface area contributed by atoms with E-state index in [-0.39, 0.29) is 5.92 Å². The summed E-state index contributed by atoms with van der Waals surface area (Å²) < 4.78 is 32.1. The highest BCUT2D eigenvalue weighted by atomic mass is 19.4. The molecule has 0 saturated heterocycles. The van der Waals surface area contributed by atoms with Crippen LogP contribution in [0.4, 0.5) is 13.2 Å². The fraction of sp³-hybridized carbons (Fsp3) is 0.350. The lowest BCUT2D eigenvalue weighted by Crippen LogP contribution is -2.30. The van der Waals surface area contributed by atoms with E-state index in [1.54, 1.807) is 12.1 Å². The molecule has 0 bridgehead atoms. The number of carbonyl (C=O) groups excluding carboxylic acids is 1. The predicted molar refractivity (Wildman–Crippen MR) is 98.4 cm³/mol. The molecule has 6 nitrogen and oxygen atoms in total. The third kappa shape index (κ3) is 4.63. The Morgan fingerprint density at radius 2 is 1.93 bits per heavy atom. The third-order valence-electron chi connectivity index (χ3n) is 4.97. The number of nitrogens with one attached hydrogen (secondary N) is 1. The molecule has 2 heterocycles. The summed E-state index contributed by atoms with van der Waals surface area (Å²) in [7, 11) is 0. The van der Waals surface area contributed by atoms with Crippen LogP contribution in [-0.4, -0.2) is 30.3 Å². The number of rotatable bonds is 1. The van der Waals surface area contributed by atoms with Crippen LogP contribution < -0.4 is 15.9 Å². The minimum Gasteiger partial charge on any atom is -0.508 e. The molecule has 29 heavy (non-hydrogen) atoms. The normalized spacial score (nSPS) is 17.9.